The van der Waals surface area contributed by atoms with Gasteiger partial charge in [0.15, 0.2) is 0 Å². The molecule has 0 amide bonds. The van der Waals surface area contributed by atoms with E-state index in [4.69, 9.17) is 0 Å². The van der Waals surface area contributed by atoms with Crippen LogP contribution in [0.4, 0.5) is 0 Å². The summed E-state index contributed by atoms with van der Waals surface area (Å²) in [5, 5.41) is 1.60. The molecule has 0 bridgehead atoms. The first-order valence-electron chi connectivity index (χ1n) is 6.05. The van der Waals surface area contributed by atoms with E-state index >= 15 is 0 Å². The van der Waals surface area contributed by atoms with E-state index in [2.05, 4.69) is 0 Å². The van der Waals surface area contributed by atoms with Gasteiger partial charge in [0.05, 0.1) is 0 Å². The van der Waals surface area contributed by atoms with Crippen LogP contribution >= 0.6 is 11.3 Å². The van der Waals surface area contributed by atoms with Crippen molar-refractivity contribution in [3.8, 4) is 0 Å². The summed E-state index contributed by atoms with van der Waals surface area (Å²) in [5.74, 6) is 0. The third-order valence-corrected chi connectivity index (χ3v) is 17.5. The van der Waals surface area contributed by atoms with Crippen molar-refractivity contribution in [2.45, 2.75) is 0 Å². The molecule has 2 aromatic rings. The van der Waals surface area contributed by atoms with E-state index in [0.29, 0.717) is 0 Å². The summed E-state index contributed by atoms with van der Waals surface area (Å²) in [7, 11) is -7.63. The topological polar surface area (TPSA) is 85.3 Å². The zero-order chi connectivity index (χ0) is 17.0. The third-order valence-electron chi connectivity index (χ3n) is 3.33. The molecule has 0 atom stereocenters. The summed E-state index contributed by atoms with van der Waals surface area (Å²) in [6.07, 6.45) is 0. The van der Waals surface area contributed by atoms with Crippen LogP contribution in [-0.4, -0.2) is 25.2 Å². The number of hydrogen-bond acceptors (Lipinski definition) is 6. The van der Waals surface area contributed by atoms with E-state index in [9.17, 15) is 24.0 Å². The summed E-state index contributed by atoms with van der Waals surface area (Å²) in [5.41, 5.74) is 0.174. The zero-order valence-corrected chi connectivity index (χ0v) is 15.2. The Morgan fingerprint density at radius 1 is 0.739 bits per heavy atom. The van der Waals surface area contributed by atoms with Crippen LogP contribution < -0.4 is 0 Å². The van der Waals surface area contributed by atoms with Crippen molar-refractivity contribution in [1.82, 2.24) is 0 Å². The van der Waals surface area contributed by atoms with Crippen molar-refractivity contribution in [2.75, 3.05) is 0 Å². The van der Waals surface area contributed by atoms with E-state index in [1.165, 1.54) is 18.2 Å². The van der Waals surface area contributed by atoms with Crippen LogP contribution in [-0.2, 0) is 34.8 Å². The normalized spacial score (nSPS) is 9.91. The second-order valence-electron chi connectivity index (χ2n) is 4.62. The first-order chi connectivity index (χ1) is 11.0. The van der Waals surface area contributed by atoms with Crippen molar-refractivity contribution in [3.05, 3.63) is 58.3 Å². The average molecular weight is 496 g/mol. The van der Waals surface area contributed by atoms with Gasteiger partial charge in [0.25, 0.3) is 0 Å². The van der Waals surface area contributed by atoms with Crippen LogP contribution in [0.3, 0.4) is 0 Å². The van der Waals surface area contributed by atoms with Crippen molar-refractivity contribution in [1.29, 1.82) is 0 Å². The summed E-state index contributed by atoms with van der Waals surface area (Å²) >= 11 is 1.05. The molecule has 0 saturated heterocycles. The molecule has 0 aliphatic rings. The Kier molecular flexibility index (Phi) is 3.81. The molecule has 7 heteroatoms. The van der Waals surface area contributed by atoms with Crippen molar-refractivity contribution in [3.63, 3.8) is 0 Å². The van der Waals surface area contributed by atoms with E-state index in [-0.39, 0.29) is 14.3 Å². The molecular weight excluding hydrogens is 488 g/mol. The first kappa shape index (κ1) is 16.7. The van der Waals surface area contributed by atoms with E-state index in [1.807, 2.05) is 0 Å². The van der Waals surface area contributed by atoms with Gasteiger partial charge in [0.2, 0.25) is 0 Å². The number of benzene rings is 1. The summed E-state index contributed by atoms with van der Waals surface area (Å²) in [6.45, 7) is 0. The monoisotopic (exact) mass is 496 g/mol. The molecule has 0 radical (unpaired) electrons. The molecule has 0 fully saturated rings. The molecule has 0 aliphatic heterocycles. The molecule has 0 N–H and O–H groups in total. The fourth-order valence-electron chi connectivity index (χ4n) is 2.06. The molecule has 1 aromatic carbocycles. The van der Waals surface area contributed by atoms with Crippen LogP contribution in [0.2, 0.25) is 0 Å². The molecule has 114 valence electrons. The van der Waals surface area contributed by atoms with Crippen LogP contribution in [0.25, 0.3) is 0 Å². The van der Waals surface area contributed by atoms with Gasteiger partial charge in [-0.15, -0.1) is 0 Å². The Hall–Kier alpha value is -2.62. The van der Waals surface area contributed by atoms with Crippen molar-refractivity contribution >= 4 is 36.6 Å². The van der Waals surface area contributed by atoms with E-state index in [0.717, 1.165) is 32.7 Å². The Labute approximate surface area is 129 Å². The van der Waals surface area contributed by atoms with Crippen molar-refractivity contribution < 1.29 is 34.8 Å². The van der Waals surface area contributed by atoms with Crippen LogP contribution in [0.15, 0.2) is 47.8 Å². The molecule has 0 unspecified atom stereocenters. The van der Waals surface area contributed by atoms with Gasteiger partial charge < -0.3 is 0 Å². The Bertz CT molecular complexity index is 1400. The third kappa shape index (κ3) is 1.91. The minimum absolute atomic E-state index is 0.174. The average Bonchev–Trinajstić information content (AvgIpc) is 3.16. The minimum atomic E-state index is -7.63. The van der Waals surface area contributed by atoms with Crippen LogP contribution in [0, 0.1) is 0 Å². The Balaban J connectivity index is 3.94. The number of rotatable bonds is 2. The molecule has 1 heterocycles. The molecule has 23 heavy (non-hydrogen) atoms. The van der Waals surface area contributed by atoms with Gasteiger partial charge in [-0.1, -0.05) is 0 Å². The Morgan fingerprint density at radius 2 is 1.26 bits per heavy atom. The molecule has 2 rings (SSSR count). The second kappa shape index (κ2) is 5.23. The Morgan fingerprint density at radius 3 is 1.65 bits per heavy atom. The first-order valence-corrected chi connectivity index (χ1v) is 15.7. The van der Waals surface area contributed by atoms with Gasteiger partial charge in [0.1, 0.15) is 0 Å². The number of carbonyl (C=O) groups excluding carboxylic acids is 5. The molecule has 0 spiro atoms. The number of hydrogen-bond donors (Lipinski definition) is 0. The molecular formula is C16H8O5SW. The SMILES string of the molecule is O=[C]=[W](=[C]=O)(=[C]=O)(=[C]=O)(=[C]=O)=[C](c1ccccc1)c1cccs1. The van der Waals surface area contributed by atoms with E-state index in [1.54, 1.807) is 29.6 Å². The van der Waals surface area contributed by atoms with Gasteiger partial charge in [-0.25, -0.2) is 0 Å². The van der Waals surface area contributed by atoms with Gasteiger partial charge in [-0.3, -0.25) is 0 Å². The van der Waals surface area contributed by atoms with Gasteiger partial charge >= 0.3 is 130 Å². The molecule has 0 saturated carbocycles. The summed E-state index contributed by atoms with van der Waals surface area (Å²) in [4.78, 5) is 59.2. The molecule has 0 aliphatic carbocycles. The predicted molar refractivity (Wildman–Crippen MR) is 82.4 cm³/mol. The fourth-order valence-corrected chi connectivity index (χ4v) is 12.4. The fraction of sp³-hybridized carbons (Fsp3) is 0. The van der Waals surface area contributed by atoms with Crippen molar-refractivity contribution in [2.24, 2.45) is 0 Å². The second-order valence-corrected chi connectivity index (χ2v) is 21.0. The standard InChI is InChI=1S/C11H8S.5CO.W/c1-2-5-10(6-3-1)9-11-7-4-8-12-11;5*1-2;/h1-8H;;;;;;. The van der Waals surface area contributed by atoms with Gasteiger partial charge in [-0.2, -0.15) is 0 Å². The quantitative estimate of drug-likeness (QED) is 0.617. The van der Waals surface area contributed by atoms with Gasteiger partial charge in [-0.05, 0) is 0 Å². The maximum absolute atomic E-state index is 11.8. The number of thiophene rings is 1. The molecule has 1 aromatic heterocycles. The van der Waals surface area contributed by atoms with Gasteiger partial charge in [0, 0.05) is 0 Å². The molecule has 5 nitrogen and oxygen atoms in total. The van der Waals surface area contributed by atoms with Crippen LogP contribution in [0.1, 0.15) is 10.4 Å². The van der Waals surface area contributed by atoms with E-state index < -0.39 is 10.8 Å². The summed E-state index contributed by atoms with van der Waals surface area (Å²) in [6, 6.07) is 10.8. The maximum atomic E-state index is 11.8. The van der Waals surface area contributed by atoms with Crippen LogP contribution in [0.5, 0.6) is 0 Å². The zero-order valence-electron chi connectivity index (χ0n) is 11.5. The predicted octanol–water partition coefficient (Wildman–Crippen LogP) is 0.878. The summed E-state index contributed by atoms with van der Waals surface area (Å²) < 4.78 is 5.43.